The number of benzene rings is 4. The van der Waals surface area contributed by atoms with Gasteiger partial charge in [0, 0.05) is 0 Å². The number of halogens is 4. The maximum atomic E-state index is 4.25. The van der Waals surface area contributed by atoms with Gasteiger partial charge in [-0.25, -0.2) is 0 Å². The van der Waals surface area contributed by atoms with Crippen LogP contribution in [0.3, 0.4) is 0 Å². The zero-order valence-electron chi connectivity index (χ0n) is 20.3. The molecule has 0 saturated heterocycles. The van der Waals surface area contributed by atoms with Crippen LogP contribution in [-0.2, 0) is 33.0 Å². The monoisotopic (exact) mass is 746 g/mol. The second-order valence-electron chi connectivity index (χ2n) is 7.15. The molecule has 0 spiro atoms. The minimum Gasteiger partial charge on any atom is -1.00 e. The second-order valence-corrected chi connectivity index (χ2v) is 14.6. The van der Waals surface area contributed by atoms with Crippen molar-refractivity contribution >= 4 is 55.5 Å². The Hall–Kier alpha value is 0.747. The van der Waals surface area contributed by atoms with Gasteiger partial charge in [-0.2, -0.15) is 0 Å². The quantitative estimate of drug-likeness (QED) is 0.0960. The van der Waals surface area contributed by atoms with Crippen molar-refractivity contribution in [1.82, 2.24) is 0 Å². The average Bonchev–Trinajstić information content (AvgIpc) is 2.82. The summed E-state index contributed by atoms with van der Waals surface area (Å²) in [6.45, 7) is 8.51. The maximum absolute atomic E-state index is 4.25. The molecule has 0 bridgehead atoms. The van der Waals surface area contributed by atoms with Crippen LogP contribution in [0.2, 0.25) is 0 Å². The summed E-state index contributed by atoms with van der Waals surface area (Å²) >= 11 is 0. The standard InChI is InChI=1S/2C14H15P2.4ClH.2Ni/c2*1-12(15-13-8-4-2-5-9-13)16-14-10-6-3-7-11-14;;;;;;/h2*2-12,15-16H,1H2;4*1H;;/q2*-1;;;;;2*+3/p-4. The minimum atomic E-state index is 0. The van der Waals surface area contributed by atoms with Gasteiger partial charge in [-0.1, -0.05) is 121 Å². The number of hydrogen-bond donors (Lipinski definition) is 0. The van der Waals surface area contributed by atoms with Gasteiger partial charge in [0.05, 0.1) is 0 Å². The summed E-state index contributed by atoms with van der Waals surface area (Å²) in [6.07, 6.45) is 0. The first-order valence-corrected chi connectivity index (χ1v) is 14.9. The Labute approximate surface area is 281 Å². The van der Waals surface area contributed by atoms with Crippen LogP contribution < -0.4 is 70.8 Å². The Kier molecular flexibility index (Phi) is 33.6. The molecule has 10 heteroatoms. The van der Waals surface area contributed by atoms with Crippen LogP contribution in [0.4, 0.5) is 0 Å². The van der Waals surface area contributed by atoms with Crippen molar-refractivity contribution in [3.63, 3.8) is 0 Å². The van der Waals surface area contributed by atoms with Crippen LogP contribution in [0.5, 0.6) is 0 Å². The first-order valence-electron chi connectivity index (χ1n) is 10.6. The van der Waals surface area contributed by atoms with Crippen LogP contribution in [0, 0.1) is 13.8 Å². The summed E-state index contributed by atoms with van der Waals surface area (Å²) < 4.78 is 0. The van der Waals surface area contributed by atoms with E-state index in [1.165, 1.54) is 21.2 Å². The maximum Gasteiger partial charge on any atom is 3.00 e. The Morgan fingerprint density at radius 3 is 0.658 bits per heavy atom. The summed E-state index contributed by atoms with van der Waals surface area (Å²) in [4.78, 5) is 0. The van der Waals surface area contributed by atoms with Crippen LogP contribution in [0.25, 0.3) is 0 Å². The van der Waals surface area contributed by atoms with Gasteiger partial charge in [-0.05, 0) is 21.2 Å². The van der Waals surface area contributed by atoms with E-state index in [0.717, 1.165) is 34.3 Å². The fraction of sp³-hybridized carbons (Fsp3) is 0.0714. The molecule has 210 valence electrons. The van der Waals surface area contributed by atoms with Crippen LogP contribution in [0.15, 0.2) is 121 Å². The average molecular weight is 750 g/mol. The molecule has 0 amide bonds. The van der Waals surface area contributed by atoms with Crippen molar-refractivity contribution < 1.29 is 82.6 Å². The van der Waals surface area contributed by atoms with Crippen molar-refractivity contribution in [3.8, 4) is 0 Å². The van der Waals surface area contributed by atoms with E-state index >= 15 is 0 Å². The van der Waals surface area contributed by atoms with Gasteiger partial charge >= 0.3 is 33.0 Å². The zero-order valence-corrected chi connectivity index (χ0v) is 29.3. The summed E-state index contributed by atoms with van der Waals surface area (Å²) in [5.41, 5.74) is 0. The summed E-state index contributed by atoms with van der Waals surface area (Å²) in [5.74, 6) is 0. The molecule has 4 aromatic rings. The third-order valence-corrected chi connectivity index (χ3v) is 10.3. The van der Waals surface area contributed by atoms with Crippen molar-refractivity contribution in [3.05, 3.63) is 135 Å². The van der Waals surface area contributed by atoms with Crippen molar-refractivity contribution in [2.45, 2.75) is 10.8 Å². The van der Waals surface area contributed by atoms with Crippen molar-refractivity contribution in [1.29, 1.82) is 0 Å². The molecule has 0 aliphatic carbocycles. The molecule has 0 aliphatic heterocycles. The summed E-state index contributed by atoms with van der Waals surface area (Å²) in [7, 11) is 3.22. The molecule has 0 saturated carbocycles. The Morgan fingerprint density at radius 2 is 0.500 bits per heavy atom. The predicted octanol–water partition coefficient (Wildman–Crippen LogP) is -5.68. The molecule has 4 aromatic carbocycles. The third kappa shape index (κ3) is 19.8. The fourth-order valence-corrected chi connectivity index (χ4v) is 8.74. The molecule has 2 radical (unpaired) electrons. The van der Waals surface area contributed by atoms with Crippen LogP contribution in [-0.4, -0.2) is 10.8 Å². The van der Waals surface area contributed by atoms with E-state index in [4.69, 9.17) is 0 Å². The van der Waals surface area contributed by atoms with E-state index in [2.05, 4.69) is 135 Å². The van der Waals surface area contributed by atoms with Gasteiger partial charge < -0.3 is 63.5 Å². The van der Waals surface area contributed by atoms with Gasteiger partial charge in [0.2, 0.25) is 0 Å². The van der Waals surface area contributed by atoms with Crippen LogP contribution in [0.1, 0.15) is 0 Å². The van der Waals surface area contributed by atoms with Crippen LogP contribution >= 0.6 is 34.3 Å². The fourth-order valence-electron chi connectivity index (χ4n) is 3.01. The smallest absolute Gasteiger partial charge is 1.00 e. The normalized spacial score (nSPS) is 11.6. The molecular formula is C28H30Cl4Ni2P4. The van der Waals surface area contributed by atoms with Gasteiger partial charge in [-0.15, -0.1) is 45.1 Å². The molecule has 0 fully saturated rings. The molecule has 4 atom stereocenters. The van der Waals surface area contributed by atoms with Gasteiger partial charge in [0.1, 0.15) is 0 Å². The third-order valence-electron chi connectivity index (χ3n) is 4.46. The Morgan fingerprint density at radius 1 is 0.342 bits per heavy atom. The summed E-state index contributed by atoms with van der Waals surface area (Å²) in [5, 5.41) is 6.64. The molecular weight excluding hydrogens is 719 g/mol. The topological polar surface area (TPSA) is 0 Å². The van der Waals surface area contributed by atoms with E-state index < -0.39 is 0 Å². The molecule has 0 aliphatic rings. The Balaban J connectivity index is -0.000000263. The van der Waals surface area contributed by atoms with Gasteiger partial charge in [0.15, 0.2) is 0 Å². The minimum absolute atomic E-state index is 0. The van der Waals surface area contributed by atoms with Crippen molar-refractivity contribution in [2.24, 2.45) is 0 Å². The number of rotatable bonds is 8. The zero-order chi connectivity index (χ0) is 22.4. The van der Waals surface area contributed by atoms with Crippen molar-refractivity contribution in [2.75, 3.05) is 0 Å². The second kappa shape index (κ2) is 27.9. The predicted molar refractivity (Wildman–Crippen MR) is 156 cm³/mol. The van der Waals surface area contributed by atoms with Gasteiger partial charge in [-0.3, -0.25) is 0 Å². The van der Waals surface area contributed by atoms with E-state index in [1.807, 2.05) is 0 Å². The van der Waals surface area contributed by atoms with E-state index in [9.17, 15) is 0 Å². The first-order chi connectivity index (χ1) is 15.7. The summed E-state index contributed by atoms with van der Waals surface area (Å²) in [6, 6.07) is 42.5. The molecule has 0 heterocycles. The Bertz CT molecular complexity index is 854. The first kappa shape index (κ1) is 45.7. The molecule has 0 N–H and O–H groups in total. The van der Waals surface area contributed by atoms with Gasteiger partial charge in [0.25, 0.3) is 0 Å². The van der Waals surface area contributed by atoms with E-state index in [-0.39, 0.29) is 82.6 Å². The SMILES string of the molecule is [CH2-]C(Pc1ccccc1)Pc1ccccc1.[CH2-]C(Pc1ccccc1)Pc1ccccc1.[Cl-].[Cl-].[Cl-].[Cl-].[Ni+3].[Ni+3]. The molecule has 4 unspecified atom stereocenters. The molecule has 38 heavy (non-hydrogen) atoms. The number of hydrogen-bond acceptors (Lipinski definition) is 0. The largest absolute Gasteiger partial charge is 3.00 e. The molecule has 0 nitrogen and oxygen atoms in total. The molecule has 4 rings (SSSR count). The van der Waals surface area contributed by atoms with E-state index in [1.54, 1.807) is 0 Å². The molecule has 0 aromatic heterocycles. The van der Waals surface area contributed by atoms with E-state index in [0.29, 0.717) is 10.8 Å².